The van der Waals surface area contributed by atoms with Crippen LogP contribution in [-0.2, 0) is 9.59 Å². The van der Waals surface area contributed by atoms with Crippen molar-refractivity contribution in [3.63, 3.8) is 0 Å². The number of ether oxygens (including phenoxy) is 1. The van der Waals surface area contributed by atoms with Crippen molar-refractivity contribution < 1.29 is 19.4 Å². The standard InChI is InChI=1S/C24H26N2O4/c1-2-30-20-10-8-17(9-11-20)23(28)18-12-14-25(15-13-18)21-16-22(27)26(24(21)29)19-6-4-3-5-7-19/h3-11,16,18,23,28H,2,12-15H2,1H3/t23-/m1/s1. The van der Waals surface area contributed by atoms with Gasteiger partial charge in [0.15, 0.2) is 0 Å². The molecule has 2 aliphatic heterocycles. The number of rotatable bonds is 6. The molecule has 2 amide bonds. The van der Waals surface area contributed by atoms with Crippen LogP contribution in [0.15, 0.2) is 66.4 Å². The predicted molar refractivity (Wildman–Crippen MR) is 114 cm³/mol. The molecule has 156 valence electrons. The highest BCUT2D eigenvalue weighted by atomic mass is 16.5. The van der Waals surface area contributed by atoms with Crippen molar-refractivity contribution in [1.82, 2.24) is 4.90 Å². The first-order valence-corrected chi connectivity index (χ1v) is 10.4. The lowest BCUT2D eigenvalue weighted by molar-refractivity contribution is -0.121. The van der Waals surface area contributed by atoms with Gasteiger partial charge in [0.05, 0.1) is 18.4 Å². The van der Waals surface area contributed by atoms with E-state index in [2.05, 4.69) is 0 Å². The van der Waals surface area contributed by atoms with E-state index in [1.807, 2.05) is 54.3 Å². The Balaban J connectivity index is 1.38. The van der Waals surface area contributed by atoms with E-state index in [9.17, 15) is 14.7 Å². The quantitative estimate of drug-likeness (QED) is 0.746. The number of anilines is 1. The van der Waals surface area contributed by atoms with Gasteiger partial charge in [0.2, 0.25) is 0 Å². The average Bonchev–Trinajstić information content (AvgIpc) is 3.08. The van der Waals surface area contributed by atoms with Crippen LogP contribution in [0.3, 0.4) is 0 Å². The van der Waals surface area contributed by atoms with E-state index in [1.165, 1.54) is 11.0 Å². The number of hydrogen-bond acceptors (Lipinski definition) is 5. The van der Waals surface area contributed by atoms with Gasteiger partial charge >= 0.3 is 0 Å². The molecule has 1 fully saturated rings. The number of hydrogen-bond donors (Lipinski definition) is 1. The van der Waals surface area contributed by atoms with E-state index >= 15 is 0 Å². The second kappa shape index (κ2) is 8.71. The zero-order chi connectivity index (χ0) is 21.1. The summed E-state index contributed by atoms with van der Waals surface area (Å²) in [5.74, 6) is 0.314. The van der Waals surface area contributed by atoms with Crippen LogP contribution in [0.4, 0.5) is 5.69 Å². The van der Waals surface area contributed by atoms with Crippen molar-refractivity contribution in [3.8, 4) is 5.75 Å². The molecule has 2 heterocycles. The summed E-state index contributed by atoms with van der Waals surface area (Å²) in [5, 5.41) is 10.8. The van der Waals surface area contributed by atoms with Crippen molar-refractivity contribution in [2.45, 2.75) is 25.9 Å². The zero-order valence-electron chi connectivity index (χ0n) is 17.0. The smallest absolute Gasteiger partial charge is 0.281 e. The van der Waals surface area contributed by atoms with Crippen LogP contribution in [0.5, 0.6) is 5.75 Å². The second-order valence-corrected chi connectivity index (χ2v) is 7.62. The summed E-state index contributed by atoms with van der Waals surface area (Å²) in [4.78, 5) is 28.5. The highest BCUT2D eigenvalue weighted by molar-refractivity contribution is 6.30. The maximum Gasteiger partial charge on any atom is 0.281 e. The number of amides is 2. The van der Waals surface area contributed by atoms with Gasteiger partial charge < -0.3 is 14.7 Å². The topological polar surface area (TPSA) is 70.1 Å². The molecule has 0 saturated carbocycles. The molecule has 1 atom stereocenters. The number of nitrogens with zero attached hydrogens (tertiary/aromatic N) is 2. The molecule has 0 radical (unpaired) electrons. The fourth-order valence-electron chi connectivity index (χ4n) is 4.16. The molecule has 30 heavy (non-hydrogen) atoms. The number of likely N-dealkylation sites (tertiary alicyclic amines) is 1. The predicted octanol–water partition coefficient (Wildman–Crippen LogP) is 3.29. The van der Waals surface area contributed by atoms with Crippen LogP contribution in [0, 0.1) is 5.92 Å². The molecule has 1 N–H and O–H groups in total. The molecule has 0 aliphatic carbocycles. The Hall–Kier alpha value is -3.12. The average molecular weight is 406 g/mol. The van der Waals surface area contributed by atoms with Crippen molar-refractivity contribution in [3.05, 3.63) is 71.9 Å². The van der Waals surface area contributed by atoms with E-state index in [1.54, 1.807) is 12.1 Å². The van der Waals surface area contributed by atoms with Gasteiger partial charge in [-0.1, -0.05) is 30.3 Å². The van der Waals surface area contributed by atoms with Gasteiger partial charge in [-0.25, -0.2) is 4.90 Å². The first kappa shape index (κ1) is 20.2. The van der Waals surface area contributed by atoms with Crippen LogP contribution in [0.2, 0.25) is 0 Å². The Morgan fingerprint density at radius 2 is 1.70 bits per heavy atom. The summed E-state index contributed by atoms with van der Waals surface area (Å²) in [5.41, 5.74) is 1.90. The molecule has 2 aliphatic rings. The van der Waals surface area contributed by atoms with E-state index in [4.69, 9.17) is 4.74 Å². The number of piperidine rings is 1. The highest BCUT2D eigenvalue weighted by Crippen LogP contribution is 2.34. The number of carbonyl (C=O) groups is 2. The fraction of sp³-hybridized carbons (Fsp3) is 0.333. The van der Waals surface area contributed by atoms with Crippen molar-refractivity contribution in [2.24, 2.45) is 5.92 Å². The largest absolute Gasteiger partial charge is 0.494 e. The Kier molecular flexibility index (Phi) is 5.86. The minimum absolute atomic E-state index is 0.109. The van der Waals surface area contributed by atoms with Gasteiger partial charge in [0, 0.05) is 19.2 Å². The maximum absolute atomic E-state index is 12.9. The van der Waals surface area contributed by atoms with E-state index in [0.717, 1.165) is 24.2 Å². The lowest BCUT2D eigenvalue weighted by Gasteiger charge is -2.35. The summed E-state index contributed by atoms with van der Waals surface area (Å²) in [7, 11) is 0. The zero-order valence-corrected chi connectivity index (χ0v) is 17.0. The summed E-state index contributed by atoms with van der Waals surface area (Å²) >= 11 is 0. The third kappa shape index (κ3) is 3.96. The SMILES string of the molecule is CCOc1ccc([C@@H](O)C2CCN(C3=CC(=O)N(c4ccccc4)C3=O)CC2)cc1. The third-order valence-electron chi connectivity index (χ3n) is 5.78. The maximum atomic E-state index is 12.9. The van der Waals surface area contributed by atoms with E-state index in [-0.39, 0.29) is 17.7 Å². The molecular weight excluding hydrogens is 380 g/mol. The van der Waals surface area contributed by atoms with Gasteiger partial charge in [-0.15, -0.1) is 0 Å². The molecule has 0 unspecified atom stereocenters. The van der Waals surface area contributed by atoms with Crippen molar-refractivity contribution in [2.75, 3.05) is 24.6 Å². The number of aliphatic hydroxyl groups is 1. The minimum Gasteiger partial charge on any atom is -0.494 e. The van der Waals surface area contributed by atoms with Gasteiger partial charge in [0.1, 0.15) is 11.4 Å². The number of imide groups is 1. The summed E-state index contributed by atoms with van der Waals surface area (Å²) in [6.45, 7) is 3.81. The van der Waals surface area contributed by atoms with Gasteiger partial charge in [-0.05, 0) is 55.5 Å². The van der Waals surface area contributed by atoms with Crippen LogP contribution in [-0.4, -0.2) is 41.5 Å². The Morgan fingerprint density at radius 1 is 1.03 bits per heavy atom. The minimum atomic E-state index is -0.557. The molecular formula is C24H26N2O4. The number of aliphatic hydroxyl groups excluding tert-OH is 1. The monoisotopic (exact) mass is 406 g/mol. The molecule has 6 heteroatoms. The first-order chi connectivity index (χ1) is 14.6. The van der Waals surface area contributed by atoms with Crippen LogP contribution in [0.1, 0.15) is 31.4 Å². The number of benzene rings is 2. The Bertz CT molecular complexity index is 931. The third-order valence-corrected chi connectivity index (χ3v) is 5.78. The summed E-state index contributed by atoms with van der Waals surface area (Å²) in [6.07, 6.45) is 2.37. The summed E-state index contributed by atoms with van der Waals surface area (Å²) in [6, 6.07) is 16.5. The summed E-state index contributed by atoms with van der Waals surface area (Å²) < 4.78 is 5.46. The highest BCUT2D eigenvalue weighted by Gasteiger charge is 2.37. The second-order valence-electron chi connectivity index (χ2n) is 7.62. The molecule has 2 aromatic rings. The van der Waals surface area contributed by atoms with Crippen molar-refractivity contribution >= 4 is 17.5 Å². The van der Waals surface area contributed by atoms with Gasteiger partial charge in [0.25, 0.3) is 11.8 Å². The van der Waals surface area contributed by atoms with Gasteiger partial charge in [-0.3, -0.25) is 9.59 Å². The van der Waals surface area contributed by atoms with Crippen LogP contribution < -0.4 is 9.64 Å². The molecule has 2 aromatic carbocycles. The lowest BCUT2D eigenvalue weighted by Crippen LogP contribution is -2.39. The van der Waals surface area contributed by atoms with E-state index < -0.39 is 6.10 Å². The van der Waals surface area contributed by atoms with E-state index in [0.29, 0.717) is 31.1 Å². The van der Waals surface area contributed by atoms with Crippen LogP contribution >= 0.6 is 0 Å². The molecule has 1 saturated heterocycles. The normalized spacial score (nSPS) is 18.5. The fourth-order valence-corrected chi connectivity index (χ4v) is 4.16. The Morgan fingerprint density at radius 3 is 2.33 bits per heavy atom. The molecule has 6 nitrogen and oxygen atoms in total. The van der Waals surface area contributed by atoms with Crippen LogP contribution in [0.25, 0.3) is 0 Å². The molecule has 0 spiro atoms. The number of para-hydroxylation sites is 1. The first-order valence-electron chi connectivity index (χ1n) is 10.4. The lowest BCUT2D eigenvalue weighted by atomic mass is 9.87. The Labute approximate surface area is 176 Å². The molecule has 0 bridgehead atoms. The molecule has 0 aromatic heterocycles. The van der Waals surface area contributed by atoms with Gasteiger partial charge in [-0.2, -0.15) is 0 Å². The molecule has 4 rings (SSSR count). The number of carbonyl (C=O) groups excluding carboxylic acids is 2. The van der Waals surface area contributed by atoms with Crippen molar-refractivity contribution in [1.29, 1.82) is 0 Å².